The number of hydrogen-bond acceptors (Lipinski definition) is 1. The van der Waals surface area contributed by atoms with Crippen LogP contribution in [0.25, 0.3) is 0 Å². The average Bonchev–Trinajstić information content (AvgIpc) is 2.61. The normalized spacial score (nSPS) is 16.7. The molecule has 0 aromatic heterocycles. The third-order valence-electron chi connectivity index (χ3n) is 2.71. The Morgan fingerprint density at radius 1 is 1.14 bits per heavy atom. The van der Waals surface area contributed by atoms with E-state index in [1.54, 1.807) is 0 Å². The van der Waals surface area contributed by atoms with Gasteiger partial charge >= 0.3 is 92.6 Å². The van der Waals surface area contributed by atoms with Crippen molar-refractivity contribution in [2.24, 2.45) is 0 Å². The summed E-state index contributed by atoms with van der Waals surface area (Å²) in [4.78, 5) is 2.55. The number of halogens is 1. The second kappa shape index (κ2) is 6.11. The summed E-state index contributed by atoms with van der Waals surface area (Å²) in [5.41, 5.74) is 1.50. The van der Waals surface area contributed by atoms with Gasteiger partial charge < -0.3 is 17.0 Å². The van der Waals surface area contributed by atoms with Crippen LogP contribution in [0.15, 0.2) is 24.3 Å². The van der Waals surface area contributed by atoms with E-state index in [4.69, 9.17) is 0 Å². The Balaban J connectivity index is 0.000000980. The predicted molar refractivity (Wildman–Crippen MR) is 56.3 cm³/mol. The molecule has 0 N–H and O–H groups in total. The average molecular weight is 264 g/mol. The zero-order chi connectivity index (χ0) is 9.10. The summed E-state index contributed by atoms with van der Waals surface area (Å²) in [6, 6.07) is 8.73. The van der Waals surface area contributed by atoms with Gasteiger partial charge in [0, 0.05) is 0 Å². The molecule has 1 aliphatic heterocycles. The van der Waals surface area contributed by atoms with Crippen LogP contribution in [-0.4, -0.2) is 39.7 Å². The summed E-state index contributed by atoms with van der Waals surface area (Å²) in [5.74, 6) is 0. The Kier molecular flexibility index (Phi) is 5.45. The van der Waals surface area contributed by atoms with Crippen LogP contribution in [0.4, 0.5) is 0 Å². The van der Waals surface area contributed by atoms with Crippen molar-refractivity contribution in [2.75, 3.05) is 13.1 Å². The fourth-order valence-electron chi connectivity index (χ4n) is 1.89. The number of nitrogens with zero attached hydrogens (tertiary/aromatic N) is 1. The number of rotatable bonds is 2. The first-order valence-corrected chi connectivity index (χ1v) is 5.69. The summed E-state index contributed by atoms with van der Waals surface area (Å²) in [6.07, 6.45) is 2.77. The second-order valence-electron chi connectivity index (χ2n) is 3.75. The van der Waals surface area contributed by atoms with Crippen LogP contribution in [0, 0.1) is 0 Å². The fraction of sp³-hybridized carbons (Fsp3) is 0.455. The molecule has 1 saturated heterocycles. The Morgan fingerprint density at radius 2 is 1.79 bits per heavy atom. The number of likely N-dealkylation sites (tertiary alicyclic amines) is 1. The zero-order valence-electron chi connectivity index (χ0n) is 8.38. The van der Waals surface area contributed by atoms with Gasteiger partial charge in [-0.15, -0.1) is 0 Å². The molecule has 1 aromatic carbocycles. The van der Waals surface area contributed by atoms with Gasteiger partial charge in [-0.1, -0.05) is 0 Å². The van der Waals surface area contributed by atoms with Gasteiger partial charge in [0.1, 0.15) is 0 Å². The second-order valence-corrected chi connectivity index (χ2v) is 4.51. The van der Waals surface area contributed by atoms with E-state index in [0.717, 1.165) is 6.54 Å². The summed E-state index contributed by atoms with van der Waals surface area (Å²) in [7, 11) is 0. The molecule has 0 bridgehead atoms. The molecule has 0 saturated carbocycles. The SMILES string of the molecule is [Br-].[Mg+][c]1ccccc1CN1CCCC1. The van der Waals surface area contributed by atoms with Crippen LogP contribution in [0.1, 0.15) is 18.4 Å². The molecule has 0 amide bonds. The molecule has 1 fully saturated rings. The minimum atomic E-state index is 0. The molecule has 1 nitrogen and oxygen atoms in total. The molecular weight excluding hydrogens is 250 g/mol. The van der Waals surface area contributed by atoms with E-state index in [0.29, 0.717) is 0 Å². The molecule has 3 heteroatoms. The molecule has 0 spiro atoms. The Morgan fingerprint density at radius 3 is 2.43 bits per heavy atom. The predicted octanol–water partition coefficient (Wildman–Crippen LogP) is -1.92. The maximum absolute atomic E-state index is 2.55. The van der Waals surface area contributed by atoms with E-state index in [1.165, 1.54) is 35.2 Å². The van der Waals surface area contributed by atoms with Gasteiger partial charge in [0.2, 0.25) is 0 Å². The zero-order valence-corrected chi connectivity index (χ0v) is 11.4. The van der Waals surface area contributed by atoms with Crippen molar-refractivity contribution >= 4 is 25.4 Å². The molecule has 1 heterocycles. The van der Waals surface area contributed by atoms with Gasteiger partial charge in [-0.25, -0.2) is 0 Å². The standard InChI is InChI=1S/C11H14N.BrH.Mg/c1-2-6-11(7-3-1)10-12-8-4-5-9-12;;/h1-3,6H,4-5,8-10H2;1H;/q;;+1/p-1. The summed E-state index contributed by atoms with van der Waals surface area (Å²) >= 11 is 2.00. The first kappa shape index (κ1) is 12.5. The van der Waals surface area contributed by atoms with Gasteiger partial charge in [-0.3, -0.25) is 0 Å². The summed E-state index contributed by atoms with van der Waals surface area (Å²) < 4.78 is 1.45. The van der Waals surface area contributed by atoms with Crippen molar-refractivity contribution in [2.45, 2.75) is 19.4 Å². The fourth-order valence-corrected chi connectivity index (χ4v) is 2.26. The third kappa shape index (κ3) is 3.23. The third-order valence-corrected chi connectivity index (χ3v) is 3.40. The van der Waals surface area contributed by atoms with E-state index >= 15 is 0 Å². The van der Waals surface area contributed by atoms with Crippen molar-refractivity contribution in [1.82, 2.24) is 4.90 Å². The van der Waals surface area contributed by atoms with Gasteiger partial charge in [0.15, 0.2) is 0 Å². The van der Waals surface area contributed by atoms with Crippen LogP contribution in [0.5, 0.6) is 0 Å². The van der Waals surface area contributed by atoms with E-state index in [-0.39, 0.29) is 17.0 Å². The molecule has 72 valence electrons. The van der Waals surface area contributed by atoms with Crippen LogP contribution in [0.2, 0.25) is 0 Å². The van der Waals surface area contributed by atoms with Crippen LogP contribution in [0.3, 0.4) is 0 Å². The number of hydrogen-bond donors (Lipinski definition) is 0. The summed E-state index contributed by atoms with van der Waals surface area (Å²) in [6.45, 7) is 3.73. The monoisotopic (exact) mass is 263 g/mol. The first-order chi connectivity index (χ1) is 6.36. The van der Waals surface area contributed by atoms with Crippen molar-refractivity contribution in [3.8, 4) is 0 Å². The molecule has 1 aromatic rings. The van der Waals surface area contributed by atoms with Crippen LogP contribution >= 0.6 is 0 Å². The van der Waals surface area contributed by atoms with Gasteiger partial charge in [0.25, 0.3) is 0 Å². The summed E-state index contributed by atoms with van der Waals surface area (Å²) in [5, 5.41) is 0. The Labute approximate surface area is 109 Å². The van der Waals surface area contributed by atoms with Gasteiger partial charge in [-0.05, 0) is 0 Å². The Hall–Kier alpha value is 0.426. The van der Waals surface area contributed by atoms with Crippen molar-refractivity contribution in [1.29, 1.82) is 0 Å². The van der Waals surface area contributed by atoms with Crippen molar-refractivity contribution in [3.63, 3.8) is 0 Å². The Bertz CT molecular complexity index is 284. The van der Waals surface area contributed by atoms with Crippen LogP contribution in [-0.2, 0) is 6.54 Å². The van der Waals surface area contributed by atoms with E-state index in [2.05, 4.69) is 29.2 Å². The molecular formula is C11H14BrMgN. The number of benzene rings is 1. The maximum atomic E-state index is 2.55. The minimum absolute atomic E-state index is 0. The van der Waals surface area contributed by atoms with E-state index in [9.17, 15) is 0 Å². The molecule has 0 aliphatic carbocycles. The molecule has 0 atom stereocenters. The van der Waals surface area contributed by atoms with Crippen LogP contribution < -0.4 is 20.7 Å². The molecule has 2 rings (SSSR count). The molecule has 0 unspecified atom stereocenters. The van der Waals surface area contributed by atoms with E-state index < -0.39 is 0 Å². The molecule has 0 radical (unpaired) electrons. The van der Waals surface area contributed by atoms with Crippen molar-refractivity contribution < 1.29 is 17.0 Å². The van der Waals surface area contributed by atoms with E-state index in [1.807, 2.05) is 21.7 Å². The topological polar surface area (TPSA) is 3.24 Å². The van der Waals surface area contributed by atoms with Gasteiger partial charge in [0.05, 0.1) is 0 Å². The quantitative estimate of drug-likeness (QED) is 0.563. The molecule has 14 heavy (non-hydrogen) atoms. The first-order valence-electron chi connectivity index (χ1n) is 4.98. The van der Waals surface area contributed by atoms with Gasteiger partial charge in [-0.2, -0.15) is 0 Å². The molecule has 1 aliphatic rings. The van der Waals surface area contributed by atoms with Crippen molar-refractivity contribution in [3.05, 3.63) is 29.8 Å².